The number of imide groups is 1. The number of amides is 4. The molecule has 0 radical (unpaired) electrons. The van der Waals surface area contributed by atoms with Crippen molar-refractivity contribution in [2.45, 2.75) is 13.8 Å². The average Bonchev–Trinajstić information content (AvgIpc) is 2.96. The van der Waals surface area contributed by atoms with Crippen molar-refractivity contribution < 1.29 is 14.4 Å². The molecule has 24 heavy (non-hydrogen) atoms. The van der Waals surface area contributed by atoms with Crippen molar-refractivity contribution in [2.75, 3.05) is 38.0 Å². The van der Waals surface area contributed by atoms with Gasteiger partial charge in [-0.05, 0) is 31.2 Å². The normalized spacial score (nSPS) is 14.0. The summed E-state index contributed by atoms with van der Waals surface area (Å²) in [6.45, 7) is 5.15. The zero-order valence-corrected chi connectivity index (χ0v) is 14.5. The highest BCUT2D eigenvalue weighted by Gasteiger charge is 2.27. The number of aryl methyl sites for hydroxylation is 1. The fourth-order valence-corrected chi connectivity index (χ4v) is 2.56. The molecule has 1 fully saturated rings. The second-order valence-corrected chi connectivity index (χ2v) is 6.02. The summed E-state index contributed by atoms with van der Waals surface area (Å²) in [6.07, 6.45) is 0. The van der Waals surface area contributed by atoms with Crippen molar-refractivity contribution in [3.63, 3.8) is 0 Å². The fourth-order valence-electron chi connectivity index (χ4n) is 2.39. The number of likely N-dealkylation sites (N-methyl/N-ethyl adjacent to an activating group) is 1. The molecule has 8 heteroatoms. The number of benzene rings is 1. The number of rotatable bonds is 6. The maximum absolute atomic E-state index is 12.2. The predicted octanol–water partition coefficient (Wildman–Crippen LogP) is 1.46. The summed E-state index contributed by atoms with van der Waals surface area (Å²) in [5.74, 6) is -0.542. The quantitative estimate of drug-likeness (QED) is 0.812. The molecule has 2 N–H and O–H groups in total. The van der Waals surface area contributed by atoms with Crippen LogP contribution in [0.25, 0.3) is 0 Å². The average molecular weight is 353 g/mol. The van der Waals surface area contributed by atoms with Gasteiger partial charge in [-0.1, -0.05) is 24.6 Å². The van der Waals surface area contributed by atoms with Gasteiger partial charge in [0.15, 0.2) is 0 Å². The van der Waals surface area contributed by atoms with Crippen LogP contribution in [0.4, 0.5) is 10.5 Å². The molecule has 0 saturated carbocycles. The number of carbonyl (C=O) groups excluding carboxylic acids is 3. The Morgan fingerprint density at radius 1 is 1.38 bits per heavy atom. The first-order valence-electron chi connectivity index (χ1n) is 7.77. The van der Waals surface area contributed by atoms with E-state index in [-0.39, 0.29) is 30.9 Å². The number of hydrogen-bond donors (Lipinski definition) is 2. The third-order valence-electron chi connectivity index (χ3n) is 3.80. The minimum absolute atomic E-state index is 0.0197. The fraction of sp³-hybridized carbons (Fsp3) is 0.438. The zero-order valence-electron chi connectivity index (χ0n) is 13.8. The van der Waals surface area contributed by atoms with Crippen LogP contribution in [0.1, 0.15) is 12.5 Å². The molecule has 0 bridgehead atoms. The van der Waals surface area contributed by atoms with Gasteiger partial charge in [0.05, 0.1) is 13.1 Å². The standard InChI is InChI=1S/C16H21ClN4O3/c1-3-20(10-15(23)21-7-6-18-16(21)24)9-14(22)19-13-8-12(17)5-4-11(13)2/h4-5,8H,3,6-7,9-10H2,1-2H3,(H,18,24)(H,19,22). The van der Waals surface area contributed by atoms with Gasteiger partial charge in [0.25, 0.3) is 0 Å². The third-order valence-corrected chi connectivity index (χ3v) is 4.04. The Morgan fingerprint density at radius 2 is 2.12 bits per heavy atom. The molecular weight excluding hydrogens is 332 g/mol. The van der Waals surface area contributed by atoms with E-state index in [0.29, 0.717) is 30.3 Å². The van der Waals surface area contributed by atoms with E-state index >= 15 is 0 Å². The number of anilines is 1. The van der Waals surface area contributed by atoms with Crippen molar-refractivity contribution in [2.24, 2.45) is 0 Å². The molecule has 1 heterocycles. The smallest absolute Gasteiger partial charge is 0.324 e. The van der Waals surface area contributed by atoms with Crippen LogP contribution in [0.3, 0.4) is 0 Å². The van der Waals surface area contributed by atoms with Gasteiger partial charge in [-0.15, -0.1) is 0 Å². The SMILES string of the molecule is CCN(CC(=O)Nc1cc(Cl)ccc1C)CC(=O)N1CCNC1=O. The molecule has 0 atom stereocenters. The third kappa shape index (κ3) is 4.69. The Kier molecular flexibility index (Phi) is 6.16. The van der Waals surface area contributed by atoms with E-state index in [0.717, 1.165) is 5.56 Å². The molecule has 0 unspecified atom stereocenters. The van der Waals surface area contributed by atoms with Crippen molar-refractivity contribution in [1.29, 1.82) is 0 Å². The van der Waals surface area contributed by atoms with Crippen molar-refractivity contribution in [1.82, 2.24) is 15.1 Å². The molecule has 1 aromatic rings. The molecule has 1 saturated heterocycles. The Hall–Kier alpha value is -2.12. The van der Waals surface area contributed by atoms with Gasteiger partial charge < -0.3 is 10.6 Å². The Morgan fingerprint density at radius 3 is 2.75 bits per heavy atom. The summed E-state index contributed by atoms with van der Waals surface area (Å²) in [5, 5.41) is 5.92. The first-order valence-corrected chi connectivity index (χ1v) is 8.15. The first-order chi connectivity index (χ1) is 11.4. The topological polar surface area (TPSA) is 81.8 Å². The zero-order chi connectivity index (χ0) is 17.7. The lowest BCUT2D eigenvalue weighted by molar-refractivity contribution is -0.129. The Balaban J connectivity index is 1.92. The molecule has 1 aromatic carbocycles. The molecule has 130 valence electrons. The van der Waals surface area contributed by atoms with Gasteiger partial charge >= 0.3 is 6.03 Å². The minimum Gasteiger partial charge on any atom is -0.336 e. The van der Waals surface area contributed by atoms with Crippen LogP contribution in [0, 0.1) is 6.92 Å². The van der Waals surface area contributed by atoms with E-state index in [4.69, 9.17) is 11.6 Å². The summed E-state index contributed by atoms with van der Waals surface area (Å²) >= 11 is 5.94. The maximum Gasteiger partial charge on any atom is 0.324 e. The summed E-state index contributed by atoms with van der Waals surface area (Å²) < 4.78 is 0. The lowest BCUT2D eigenvalue weighted by Gasteiger charge is -2.22. The number of carbonyl (C=O) groups is 3. The largest absolute Gasteiger partial charge is 0.336 e. The molecule has 0 aliphatic carbocycles. The molecule has 7 nitrogen and oxygen atoms in total. The maximum atomic E-state index is 12.2. The van der Waals surface area contributed by atoms with E-state index in [2.05, 4.69) is 10.6 Å². The monoisotopic (exact) mass is 352 g/mol. The number of hydrogen-bond acceptors (Lipinski definition) is 4. The summed E-state index contributed by atoms with van der Waals surface area (Å²) in [4.78, 5) is 38.7. The van der Waals surface area contributed by atoms with Crippen LogP contribution < -0.4 is 10.6 Å². The number of nitrogens with zero attached hydrogens (tertiary/aromatic N) is 2. The van der Waals surface area contributed by atoms with Crippen LogP contribution in [-0.4, -0.2) is 60.4 Å². The Labute approximate surface area is 145 Å². The van der Waals surface area contributed by atoms with Gasteiger partial charge in [0.1, 0.15) is 0 Å². The van der Waals surface area contributed by atoms with Crippen LogP contribution in [0.2, 0.25) is 5.02 Å². The number of halogens is 1. The molecule has 0 aromatic heterocycles. The molecular formula is C16H21ClN4O3. The van der Waals surface area contributed by atoms with Crippen LogP contribution in [0.15, 0.2) is 18.2 Å². The second-order valence-electron chi connectivity index (χ2n) is 5.59. The predicted molar refractivity (Wildman–Crippen MR) is 92.0 cm³/mol. The molecule has 0 spiro atoms. The van der Waals surface area contributed by atoms with Gasteiger partial charge in [-0.3, -0.25) is 19.4 Å². The Bertz CT molecular complexity index is 650. The van der Waals surface area contributed by atoms with Crippen LogP contribution >= 0.6 is 11.6 Å². The highest BCUT2D eigenvalue weighted by atomic mass is 35.5. The van der Waals surface area contributed by atoms with Gasteiger partial charge in [-0.2, -0.15) is 0 Å². The van der Waals surface area contributed by atoms with E-state index in [1.807, 2.05) is 19.9 Å². The van der Waals surface area contributed by atoms with Crippen LogP contribution in [0.5, 0.6) is 0 Å². The number of urea groups is 1. The first kappa shape index (κ1) is 18.2. The van der Waals surface area contributed by atoms with Gasteiger partial charge in [0, 0.05) is 23.8 Å². The van der Waals surface area contributed by atoms with E-state index in [1.165, 1.54) is 4.90 Å². The van der Waals surface area contributed by atoms with Gasteiger partial charge in [0.2, 0.25) is 11.8 Å². The van der Waals surface area contributed by atoms with Crippen molar-refractivity contribution in [3.8, 4) is 0 Å². The molecule has 2 rings (SSSR count). The molecule has 1 aliphatic heterocycles. The van der Waals surface area contributed by atoms with E-state index < -0.39 is 0 Å². The van der Waals surface area contributed by atoms with E-state index in [1.54, 1.807) is 17.0 Å². The highest BCUT2D eigenvalue weighted by molar-refractivity contribution is 6.31. The van der Waals surface area contributed by atoms with Gasteiger partial charge in [-0.25, -0.2) is 4.79 Å². The second kappa shape index (κ2) is 8.12. The van der Waals surface area contributed by atoms with Crippen molar-refractivity contribution in [3.05, 3.63) is 28.8 Å². The van der Waals surface area contributed by atoms with E-state index in [9.17, 15) is 14.4 Å². The summed E-state index contributed by atoms with van der Waals surface area (Å²) in [6, 6.07) is 4.88. The highest BCUT2D eigenvalue weighted by Crippen LogP contribution is 2.20. The van der Waals surface area contributed by atoms with Crippen molar-refractivity contribution >= 4 is 35.1 Å². The minimum atomic E-state index is -0.380. The lowest BCUT2D eigenvalue weighted by atomic mass is 10.2. The molecule has 1 aliphatic rings. The summed E-state index contributed by atoms with van der Waals surface area (Å²) in [5.41, 5.74) is 1.55. The van der Waals surface area contributed by atoms with Crippen LogP contribution in [-0.2, 0) is 9.59 Å². The summed E-state index contributed by atoms with van der Waals surface area (Å²) in [7, 11) is 0. The number of nitrogens with one attached hydrogen (secondary N) is 2. The molecule has 4 amide bonds. The lowest BCUT2D eigenvalue weighted by Crippen LogP contribution is -2.44.